The van der Waals surface area contributed by atoms with Gasteiger partial charge in [-0.2, -0.15) is 0 Å². The van der Waals surface area contributed by atoms with E-state index in [1.54, 1.807) is 0 Å². The highest BCUT2D eigenvalue weighted by Crippen LogP contribution is 2.23. The zero-order valence-electron chi connectivity index (χ0n) is 12.5. The topological polar surface area (TPSA) is 0 Å². The molecule has 18 heavy (non-hydrogen) atoms. The monoisotopic (exact) mass is 242 g/mol. The van der Waals surface area contributed by atoms with Crippen molar-refractivity contribution in [3.05, 3.63) is 52.1 Å². The Bertz CT molecular complexity index is 427. The minimum Gasteiger partial charge on any atom is -0.0842 e. The summed E-state index contributed by atoms with van der Waals surface area (Å²) >= 11 is 0. The lowest BCUT2D eigenvalue weighted by atomic mass is 9.95. The van der Waals surface area contributed by atoms with Crippen LogP contribution >= 0.6 is 0 Å². The molecule has 98 valence electrons. The first-order valence-corrected chi connectivity index (χ1v) is 7.00. The van der Waals surface area contributed by atoms with Gasteiger partial charge >= 0.3 is 0 Å². The highest BCUT2D eigenvalue weighted by Gasteiger charge is 2.03. The number of aryl methyl sites for hydroxylation is 2. The van der Waals surface area contributed by atoms with Crippen molar-refractivity contribution in [2.45, 2.75) is 53.9 Å². The van der Waals surface area contributed by atoms with Gasteiger partial charge in [-0.15, -0.1) is 0 Å². The fourth-order valence-corrected chi connectivity index (χ4v) is 2.30. The van der Waals surface area contributed by atoms with E-state index in [9.17, 15) is 0 Å². The van der Waals surface area contributed by atoms with Gasteiger partial charge < -0.3 is 0 Å². The third kappa shape index (κ3) is 3.87. The molecule has 0 heteroatoms. The molecule has 0 aliphatic rings. The van der Waals surface area contributed by atoms with E-state index in [-0.39, 0.29) is 0 Å². The molecule has 0 aliphatic carbocycles. The van der Waals surface area contributed by atoms with Crippen LogP contribution in [0, 0.1) is 13.8 Å². The lowest BCUT2D eigenvalue weighted by molar-refractivity contribution is 0.791. The fourth-order valence-electron chi connectivity index (χ4n) is 2.30. The Morgan fingerprint density at radius 3 is 2.28 bits per heavy atom. The normalized spacial score (nSPS) is 12.9. The molecule has 0 unspecified atom stereocenters. The standard InChI is InChI=1S/C18H26/c1-6-8-12-17(7-2)16(5)13-18-14(3)10-9-11-15(18)4/h7,9-11,13H,6,8,12H2,1-5H3/b16-13+,17-7-. The first kappa shape index (κ1) is 14.8. The van der Waals surface area contributed by atoms with E-state index < -0.39 is 0 Å². The van der Waals surface area contributed by atoms with Gasteiger partial charge in [0, 0.05) is 0 Å². The van der Waals surface area contributed by atoms with Crippen molar-refractivity contribution in [3.8, 4) is 0 Å². The van der Waals surface area contributed by atoms with E-state index in [0.29, 0.717) is 0 Å². The van der Waals surface area contributed by atoms with Crippen molar-refractivity contribution in [1.29, 1.82) is 0 Å². The Morgan fingerprint density at radius 2 is 1.78 bits per heavy atom. The Kier molecular flexibility index (Phi) is 5.91. The molecular weight excluding hydrogens is 216 g/mol. The van der Waals surface area contributed by atoms with Crippen molar-refractivity contribution < 1.29 is 0 Å². The number of rotatable bonds is 5. The van der Waals surface area contributed by atoms with Gasteiger partial charge in [0.15, 0.2) is 0 Å². The van der Waals surface area contributed by atoms with E-state index in [4.69, 9.17) is 0 Å². The van der Waals surface area contributed by atoms with Gasteiger partial charge in [0.2, 0.25) is 0 Å². The third-order valence-corrected chi connectivity index (χ3v) is 3.56. The molecule has 0 N–H and O–H groups in total. The van der Waals surface area contributed by atoms with Crippen LogP contribution in [0.1, 0.15) is 56.7 Å². The molecule has 1 rings (SSSR count). The van der Waals surface area contributed by atoms with Gasteiger partial charge in [0.05, 0.1) is 0 Å². The van der Waals surface area contributed by atoms with Crippen molar-refractivity contribution >= 4 is 6.08 Å². The van der Waals surface area contributed by atoms with Crippen molar-refractivity contribution in [2.75, 3.05) is 0 Å². The van der Waals surface area contributed by atoms with Gasteiger partial charge in [-0.3, -0.25) is 0 Å². The number of hydrogen-bond acceptors (Lipinski definition) is 0. The number of hydrogen-bond donors (Lipinski definition) is 0. The van der Waals surface area contributed by atoms with E-state index in [2.05, 4.69) is 65.0 Å². The number of benzene rings is 1. The Hall–Kier alpha value is -1.30. The summed E-state index contributed by atoms with van der Waals surface area (Å²) in [5.74, 6) is 0. The maximum Gasteiger partial charge on any atom is -0.0195 e. The molecule has 0 nitrogen and oxygen atoms in total. The highest BCUT2D eigenvalue weighted by atomic mass is 14.1. The predicted octanol–water partition coefficient (Wildman–Crippen LogP) is 5.84. The molecular formula is C18H26. The van der Waals surface area contributed by atoms with Crippen LogP contribution in [0.25, 0.3) is 6.08 Å². The minimum absolute atomic E-state index is 1.19. The number of unbranched alkanes of at least 4 members (excludes halogenated alkanes) is 1. The molecule has 0 bridgehead atoms. The van der Waals surface area contributed by atoms with Gasteiger partial charge in [0.1, 0.15) is 0 Å². The van der Waals surface area contributed by atoms with Crippen LogP contribution in [0.2, 0.25) is 0 Å². The van der Waals surface area contributed by atoms with Gasteiger partial charge in [-0.25, -0.2) is 0 Å². The maximum absolute atomic E-state index is 2.34. The van der Waals surface area contributed by atoms with E-state index >= 15 is 0 Å². The second-order valence-corrected chi connectivity index (χ2v) is 5.05. The summed E-state index contributed by atoms with van der Waals surface area (Å²) in [7, 11) is 0. The van der Waals surface area contributed by atoms with Crippen LogP contribution in [-0.2, 0) is 0 Å². The highest BCUT2D eigenvalue weighted by molar-refractivity contribution is 5.63. The summed E-state index contributed by atoms with van der Waals surface area (Å²) < 4.78 is 0. The van der Waals surface area contributed by atoms with Crippen LogP contribution in [0.15, 0.2) is 35.4 Å². The molecule has 0 amide bonds. The molecule has 0 saturated carbocycles. The van der Waals surface area contributed by atoms with E-state index in [1.807, 2.05) is 0 Å². The van der Waals surface area contributed by atoms with Crippen LogP contribution < -0.4 is 0 Å². The first-order chi connectivity index (χ1) is 8.60. The van der Waals surface area contributed by atoms with Crippen molar-refractivity contribution in [3.63, 3.8) is 0 Å². The molecule has 0 atom stereocenters. The predicted molar refractivity (Wildman–Crippen MR) is 82.8 cm³/mol. The summed E-state index contributed by atoms with van der Waals surface area (Å²) in [5.41, 5.74) is 6.99. The fraction of sp³-hybridized carbons (Fsp3) is 0.444. The van der Waals surface area contributed by atoms with E-state index in [1.165, 1.54) is 47.1 Å². The molecule has 1 aromatic rings. The maximum atomic E-state index is 2.34. The van der Waals surface area contributed by atoms with Gasteiger partial charge in [-0.1, -0.05) is 43.7 Å². The summed E-state index contributed by atoms with van der Waals surface area (Å²) in [6.45, 7) is 11.0. The summed E-state index contributed by atoms with van der Waals surface area (Å²) in [6.07, 6.45) is 8.33. The van der Waals surface area contributed by atoms with E-state index in [0.717, 1.165) is 0 Å². The second kappa shape index (κ2) is 7.20. The largest absolute Gasteiger partial charge is 0.0842 e. The summed E-state index contributed by atoms with van der Waals surface area (Å²) in [5, 5.41) is 0. The zero-order valence-corrected chi connectivity index (χ0v) is 12.5. The van der Waals surface area contributed by atoms with Crippen LogP contribution in [0.3, 0.4) is 0 Å². The molecule has 1 aromatic carbocycles. The van der Waals surface area contributed by atoms with Crippen LogP contribution in [0.4, 0.5) is 0 Å². The molecule has 0 aromatic heterocycles. The molecule has 0 heterocycles. The zero-order chi connectivity index (χ0) is 13.5. The van der Waals surface area contributed by atoms with Crippen molar-refractivity contribution in [1.82, 2.24) is 0 Å². The molecule has 0 spiro atoms. The molecule has 0 aliphatic heterocycles. The Balaban J connectivity index is 3.01. The Labute approximate surface area is 112 Å². The van der Waals surface area contributed by atoms with Gasteiger partial charge in [0.25, 0.3) is 0 Å². The molecule has 0 fully saturated rings. The SMILES string of the molecule is C/C=C(CCCC)\C(C)=C\c1c(C)cccc1C. The van der Waals surface area contributed by atoms with Crippen molar-refractivity contribution in [2.24, 2.45) is 0 Å². The second-order valence-electron chi connectivity index (χ2n) is 5.05. The quantitative estimate of drug-likeness (QED) is 0.569. The average Bonchev–Trinajstić information content (AvgIpc) is 2.35. The number of allylic oxidation sites excluding steroid dienone is 3. The lowest BCUT2D eigenvalue weighted by Gasteiger charge is -2.10. The smallest absolute Gasteiger partial charge is 0.0195 e. The third-order valence-electron chi connectivity index (χ3n) is 3.56. The van der Waals surface area contributed by atoms with Crippen LogP contribution in [-0.4, -0.2) is 0 Å². The summed E-state index contributed by atoms with van der Waals surface area (Å²) in [6, 6.07) is 6.51. The Morgan fingerprint density at radius 1 is 1.17 bits per heavy atom. The molecule has 0 radical (unpaired) electrons. The van der Waals surface area contributed by atoms with Crippen LogP contribution in [0.5, 0.6) is 0 Å². The van der Waals surface area contributed by atoms with Gasteiger partial charge in [-0.05, 0) is 68.4 Å². The molecule has 0 saturated heterocycles. The minimum atomic E-state index is 1.19. The summed E-state index contributed by atoms with van der Waals surface area (Å²) in [4.78, 5) is 0. The first-order valence-electron chi connectivity index (χ1n) is 7.00. The average molecular weight is 242 g/mol. The lowest BCUT2D eigenvalue weighted by Crippen LogP contribution is -1.90.